The third-order valence-electron chi connectivity index (χ3n) is 3.60. The van der Waals surface area contributed by atoms with Crippen molar-refractivity contribution < 1.29 is 0 Å². The predicted molar refractivity (Wildman–Crippen MR) is 88.1 cm³/mol. The molecule has 106 valence electrons. The molecule has 3 heteroatoms. The molecule has 3 nitrogen and oxygen atoms in total. The number of benzene rings is 2. The molecule has 0 radical (unpaired) electrons. The Morgan fingerprint density at radius 2 is 1.81 bits per heavy atom. The second-order valence-electron chi connectivity index (χ2n) is 5.22. The van der Waals surface area contributed by atoms with Crippen LogP contribution in [0.4, 0.5) is 5.82 Å². The van der Waals surface area contributed by atoms with Crippen molar-refractivity contribution in [3.8, 4) is 0 Å². The summed E-state index contributed by atoms with van der Waals surface area (Å²) in [6, 6.07) is 18.7. The molecule has 0 atom stereocenters. The van der Waals surface area contributed by atoms with E-state index < -0.39 is 0 Å². The molecule has 0 saturated carbocycles. The van der Waals surface area contributed by atoms with Gasteiger partial charge in [0, 0.05) is 18.5 Å². The van der Waals surface area contributed by atoms with Gasteiger partial charge in [0.25, 0.3) is 0 Å². The quantitative estimate of drug-likeness (QED) is 0.766. The summed E-state index contributed by atoms with van der Waals surface area (Å²) < 4.78 is 0. The van der Waals surface area contributed by atoms with Crippen molar-refractivity contribution in [1.29, 1.82) is 0 Å². The lowest BCUT2D eigenvalue weighted by molar-refractivity contribution is 1.04. The summed E-state index contributed by atoms with van der Waals surface area (Å²) in [5, 5.41) is 4.59. The number of hydrogen-bond acceptors (Lipinski definition) is 3. The number of nitrogens with one attached hydrogen (secondary N) is 1. The number of para-hydroxylation sites is 1. The molecule has 1 heterocycles. The summed E-state index contributed by atoms with van der Waals surface area (Å²) >= 11 is 0. The fourth-order valence-corrected chi connectivity index (χ4v) is 2.45. The topological polar surface area (TPSA) is 50.9 Å². The first-order chi connectivity index (χ1) is 10.3. The lowest BCUT2D eigenvalue weighted by Gasteiger charge is -2.11. The Hall–Kier alpha value is -2.39. The number of aryl methyl sites for hydroxylation is 1. The molecule has 0 fully saturated rings. The molecule has 0 amide bonds. The molecule has 3 N–H and O–H groups in total. The van der Waals surface area contributed by atoms with Crippen molar-refractivity contribution in [2.75, 3.05) is 5.32 Å². The maximum atomic E-state index is 5.68. The van der Waals surface area contributed by atoms with Crippen LogP contribution in [-0.4, -0.2) is 4.98 Å². The van der Waals surface area contributed by atoms with Crippen LogP contribution in [0.2, 0.25) is 0 Å². The van der Waals surface area contributed by atoms with Gasteiger partial charge in [0.1, 0.15) is 5.82 Å². The van der Waals surface area contributed by atoms with E-state index in [1.54, 1.807) is 0 Å². The Balaban J connectivity index is 1.82. The van der Waals surface area contributed by atoms with Gasteiger partial charge in [-0.15, -0.1) is 0 Å². The van der Waals surface area contributed by atoms with Gasteiger partial charge in [-0.25, -0.2) is 4.98 Å². The van der Waals surface area contributed by atoms with Crippen molar-refractivity contribution in [2.45, 2.75) is 20.0 Å². The highest BCUT2D eigenvalue weighted by molar-refractivity contribution is 5.81. The maximum Gasteiger partial charge on any atom is 0.129 e. The SMILES string of the molecule is Cc1cc2ccccc2nc1NCc1cccc(CN)c1. The lowest BCUT2D eigenvalue weighted by atomic mass is 10.1. The molecule has 3 aromatic rings. The van der Waals surface area contributed by atoms with Gasteiger partial charge >= 0.3 is 0 Å². The van der Waals surface area contributed by atoms with E-state index in [0.717, 1.165) is 29.0 Å². The van der Waals surface area contributed by atoms with Crippen molar-refractivity contribution in [1.82, 2.24) is 4.98 Å². The van der Waals surface area contributed by atoms with Gasteiger partial charge < -0.3 is 11.1 Å². The van der Waals surface area contributed by atoms with Crippen LogP contribution in [0.25, 0.3) is 10.9 Å². The van der Waals surface area contributed by atoms with Crippen LogP contribution in [-0.2, 0) is 13.1 Å². The first-order valence-electron chi connectivity index (χ1n) is 7.14. The zero-order valence-electron chi connectivity index (χ0n) is 12.1. The van der Waals surface area contributed by atoms with Crippen molar-refractivity contribution in [3.63, 3.8) is 0 Å². The number of rotatable bonds is 4. The van der Waals surface area contributed by atoms with Gasteiger partial charge in [0.15, 0.2) is 0 Å². The smallest absolute Gasteiger partial charge is 0.129 e. The fraction of sp³-hybridized carbons (Fsp3) is 0.167. The Kier molecular flexibility index (Phi) is 3.84. The molecule has 1 aromatic heterocycles. The molecular weight excluding hydrogens is 258 g/mol. The minimum atomic E-state index is 0.571. The van der Waals surface area contributed by atoms with Crippen LogP contribution in [0.5, 0.6) is 0 Å². The van der Waals surface area contributed by atoms with E-state index in [0.29, 0.717) is 6.54 Å². The van der Waals surface area contributed by atoms with Crippen LogP contribution >= 0.6 is 0 Å². The van der Waals surface area contributed by atoms with E-state index in [1.165, 1.54) is 10.9 Å². The molecule has 2 aromatic carbocycles. The monoisotopic (exact) mass is 277 g/mol. The summed E-state index contributed by atoms with van der Waals surface area (Å²) in [6.07, 6.45) is 0. The number of anilines is 1. The fourth-order valence-electron chi connectivity index (χ4n) is 2.45. The minimum Gasteiger partial charge on any atom is -0.366 e. The molecule has 0 aliphatic carbocycles. The highest BCUT2D eigenvalue weighted by Crippen LogP contribution is 2.20. The summed E-state index contributed by atoms with van der Waals surface area (Å²) in [5.41, 5.74) is 10.2. The lowest BCUT2D eigenvalue weighted by Crippen LogP contribution is -2.04. The van der Waals surface area contributed by atoms with E-state index in [9.17, 15) is 0 Å². The van der Waals surface area contributed by atoms with Crippen molar-refractivity contribution in [3.05, 3.63) is 71.3 Å². The number of nitrogens with zero attached hydrogens (tertiary/aromatic N) is 1. The highest BCUT2D eigenvalue weighted by Gasteiger charge is 2.03. The Labute approximate surface area is 124 Å². The molecule has 0 unspecified atom stereocenters. The molecule has 3 rings (SSSR count). The molecule has 0 aliphatic heterocycles. The van der Waals surface area contributed by atoms with E-state index in [4.69, 9.17) is 10.7 Å². The first-order valence-corrected chi connectivity index (χ1v) is 7.14. The summed E-state index contributed by atoms with van der Waals surface area (Å²) in [6.45, 7) is 3.40. The number of pyridine rings is 1. The van der Waals surface area contributed by atoms with Crippen LogP contribution in [0.3, 0.4) is 0 Å². The molecule has 21 heavy (non-hydrogen) atoms. The van der Waals surface area contributed by atoms with Gasteiger partial charge in [-0.1, -0.05) is 42.5 Å². The third kappa shape index (κ3) is 3.03. The van der Waals surface area contributed by atoms with Crippen LogP contribution in [0.15, 0.2) is 54.6 Å². The van der Waals surface area contributed by atoms with Gasteiger partial charge in [-0.05, 0) is 35.7 Å². The molecular formula is C18H19N3. The third-order valence-corrected chi connectivity index (χ3v) is 3.60. The number of aromatic nitrogens is 1. The van der Waals surface area contributed by atoms with Crippen LogP contribution in [0.1, 0.15) is 16.7 Å². The van der Waals surface area contributed by atoms with E-state index in [1.807, 2.05) is 30.3 Å². The van der Waals surface area contributed by atoms with Gasteiger partial charge in [0.2, 0.25) is 0 Å². The number of hydrogen-bond donors (Lipinski definition) is 2. The summed E-state index contributed by atoms with van der Waals surface area (Å²) in [4.78, 5) is 4.70. The normalized spacial score (nSPS) is 10.8. The van der Waals surface area contributed by atoms with E-state index >= 15 is 0 Å². The Bertz CT molecular complexity index is 765. The van der Waals surface area contributed by atoms with Gasteiger partial charge in [-0.2, -0.15) is 0 Å². The minimum absolute atomic E-state index is 0.571. The molecule has 0 bridgehead atoms. The summed E-state index contributed by atoms with van der Waals surface area (Å²) in [7, 11) is 0. The van der Waals surface area contributed by atoms with Crippen LogP contribution in [0, 0.1) is 6.92 Å². The molecule has 0 aliphatic rings. The van der Waals surface area contributed by atoms with Crippen LogP contribution < -0.4 is 11.1 Å². The molecule has 0 saturated heterocycles. The Morgan fingerprint density at radius 1 is 1.00 bits per heavy atom. The van der Waals surface area contributed by atoms with Gasteiger partial charge in [0.05, 0.1) is 5.52 Å². The number of nitrogens with two attached hydrogens (primary N) is 1. The van der Waals surface area contributed by atoms with Crippen molar-refractivity contribution >= 4 is 16.7 Å². The predicted octanol–water partition coefficient (Wildman–Crippen LogP) is 3.61. The maximum absolute atomic E-state index is 5.68. The first kappa shape index (κ1) is 13.6. The largest absolute Gasteiger partial charge is 0.366 e. The highest BCUT2D eigenvalue weighted by atomic mass is 15.0. The van der Waals surface area contributed by atoms with Crippen molar-refractivity contribution in [2.24, 2.45) is 5.73 Å². The van der Waals surface area contributed by atoms with E-state index in [-0.39, 0.29) is 0 Å². The summed E-state index contributed by atoms with van der Waals surface area (Å²) in [5.74, 6) is 0.937. The zero-order chi connectivity index (χ0) is 14.7. The average Bonchev–Trinajstić information content (AvgIpc) is 2.53. The average molecular weight is 277 g/mol. The second kappa shape index (κ2) is 5.94. The zero-order valence-corrected chi connectivity index (χ0v) is 12.1. The second-order valence-corrected chi connectivity index (χ2v) is 5.22. The van der Waals surface area contributed by atoms with Gasteiger partial charge in [-0.3, -0.25) is 0 Å². The Morgan fingerprint density at radius 3 is 2.67 bits per heavy atom. The van der Waals surface area contributed by atoms with E-state index in [2.05, 4.69) is 36.5 Å². The number of fused-ring (bicyclic) bond motifs is 1. The standard InChI is InChI=1S/C18H19N3/c1-13-9-16-7-2-3-8-17(16)21-18(13)20-12-15-6-4-5-14(10-15)11-19/h2-10H,11-12,19H2,1H3,(H,20,21). The molecule has 0 spiro atoms.